The first-order valence-electron chi connectivity index (χ1n) is 9.03. The summed E-state index contributed by atoms with van der Waals surface area (Å²) in [4.78, 5) is 26.2. The molecule has 26 heavy (non-hydrogen) atoms. The Labute approximate surface area is 153 Å². The van der Waals surface area contributed by atoms with E-state index in [0.717, 1.165) is 36.1 Å². The smallest absolute Gasteiger partial charge is 0.240 e. The quantitative estimate of drug-likeness (QED) is 0.810. The van der Waals surface area contributed by atoms with Crippen molar-refractivity contribution in [1.29, 1.82) is 0 Å². The van der Waals surface area contributed by atoms with E-state index in [9.17, 15) is 14.0 Å². The van der Waals surface area contributed by atoms with Gasteiger partial charge >= 0.3 is 0 Å². The van der Waals surface area contributed by atoms with Crippen molar-refractivity contribution in [3.05, 3.63) is 65.5 Å². The van der Waals surface area contributed by atoms with Crippen molar-refractivity contribution in [2.45, 2.75) is 32.1 Å². The molecular weight excluding hydrogens is 331 g/mol. The molecule has 1 aliphatic rings. The van der Waals surface area contributed by atoms with Gasteiger partial charge in [0.2, 0.25) is 11.8 Å². The van der Waals surface area contributed by atoms with E-state index in [2.05, 4.69) is 5.32 Å². The van der Waals surface area contributed by atoms with E-state index in [1.807, 2.05) is 30.3 Å². The van der Waals surface area contributed by atoms with E-state index in [-0.39, 0.29) is 24.2 Å². The number of rotatable bonds is 6. The van der Waals surface area contributed by atoms with Gasteiger partial charge in [-0.2, -0.15) is 0 Å². The fourth-order valence-corrected chi connectivity index (χ4v) is 3.27. The van der Waals surface area contributed by atoms with Crippen LogP contribution in [0.1, 0.15) is 30.4 Å². The molecule has 0 radical (unpaired) electrons. The van der Waals surface area contributed by atoms with Gasteiger partial charge in [0.25, 0.3) is 0 Å². The number of anilines is 1. The average Bonchev–Trinajstić information content (AvgIpc) is 2.78. The number of halogens is 1. The van der Waals surface area contributed by atoms with Crippen LogP contribution in [0.2, 0.25) is 0 Å². The monoisotopic (exact) mass is 354 g/mol. The highest BCUT2D eigenvalue weighted by Gasteiger charge is 2.23. The molecule has 1 heterocycles. The molecule has 0 unspecified atom stereocenters. The number of aryl methyl sites for hydroxylation is 2. The Balaban J connectivity index is 1.52. The predicted molar refractivity (Wildman–Crippen MR) is 99.5 cm³/mol. The summed E-state index contributed by atoms with van der Waals surface area (Å²) in [6.07, 6.45) is 3.54. The van der Waals surface area contributed by atoms with Crippen molar-refractivity contribution >= 4 is 17.5 Å². The second kappa shape index (κ2) is 8.61. The summed E-state index contributed by atoms with van der Waals surface area (Å²) in [5.41, 5.74) is 2.86. The SMILES string of the molecule is O=C(CN1C(=O)CCCc2ccccc21)NCCCc1cccc(F)c1. The lowest BCUT2D eigenvalue weighted by Gasteiger charge is -2.22. The number of carbonyl (C=O) groups excluding carboxylic acids is 2. The predicted octanol–water partition coefficient (Wildman–Crippen LogP) is 3.24. The molecule has 0 atom stereocenters. The summed E-state index contributed by atoms with van der Waals surface area (Å²) >= 11 is 0. The standard InChI is InChI=1S/C21H23FN2O2/c22-18-10-3-6-16(14-18)7-5-13-23-20(25)15-24-19-11-2-1-8-17(19)9-4-12-21(24)26/h1-3,6,8,10-11,14H,4-5,7,9,12-13,15H2,(H,23,25). The molecule has 1 N–H and O–H groups in total. The lowest BCUT2D eigenvalue weighted by Crippen LogP contribution is -2.41. The minimum atomic E-state index is -0.245. The Kier molecular flexibility index (Phi) is 6.00. The van der Waals surface area contributed by atoms with Gasteiger partial charge in [-0.1, -0.05) is 30.3 Å². The largest absolute Gasteiger partial charge is 0.355 e. The van der Waals surface area contributed by atoms with Crippen molar-refractivity contribution < 1.29 is 14.0 Å². The van der Waals surface area contributed by atoms with Gasteiger partial charge in [0, 0.05) is 18.7 Å². The Morgan fingerprint density at radius 3 is 2.81 bits per heavy atom. The third-order valence-corrected chi connectivity index (χ3v) is 4.58. The molecule has 0 saturated heterocycles. The van der Waals surface area contributed by atoms with Gasteiger partial charge in [0.05, 0.1) is 0 Å². The number of nitrogens with one attached hydrogen (secondary N) is 1. The van der Waals surface area contributed by atoms with E-state index in [1.165, 1.54) is 12.1 Å². The molecule has 0 fully saturated rings. The summed E-state index contributed by atoms with van der Waals surface area (Å²) in [5, 5.41) is 2.86. The van der Waals surface area contributed by atoms with E-state index in [1.54, 1.807) is 11.0 Å². The molecule has 4 nitrogen and oxygen atoms in total. The molecule has 2 aromatic rings. The summed E-state index contributed by atoms with van der Waals surface area (Å²) in [5.74, 6) is -0.427. The molecule has 0 spiro atoms. The topological polar surface area (TPSA) is 49.4 Å². The zero-order valence-corrected chi connectivity index (χ0v) is 14.7. The lowest BCUT2D eigenvalue weighted by atomic mass is 10.1. The molecule has 3 rings (SSSR count). The van der Waals surface area contributed by atoms with Crippen molar-refractivity contribution in [1.82, 2.24) is 5.32 Å². The Morgan fingerprint density at radius 1 is 1.12 bits per heavy atom. The van der Waals surface area contributed by atoms with Crippen LogP contribution in [-0.4, -0.2) is 24.9 Å². The van der Waals surface area contributed by atoms with Crippen molar-refractivity contribution in [2.75, 3.05) is 18.0 Å². The molecule has 2 amide bonds. The van der Waals surface area contributed by atoms with Crippen LogP contribution in [0.25, 0.3) is 0 Å². The normalized spacial score (nSPS) is 13.9. The first kappa shape index (κ1) is 18.1. The molecular formula is C21H23FN2O2. The molecule has 136 valence electrons. The summed E-state index contributed by atoms with van der Waals surface area (Å²) in [6, 6.07) is 14.2. The number of hydrogen-bond donors (Lipinski definition) is 1. The Hall–Kier alpha value is -2.69. The molecule has 0 bridgehead atoms. The highest BCUT2D eigenvalue weighted by Crippen LogP contribution is 2.26. The maximum Gasteiger partial charge on any atom is 0.240 e. The number of fused-ring (bicyclic) bond motifs is 1. The average molecular weight is 354 g/mol. The molecule has 0 saturated carbocycles. The molecule has 2 aromatic carbocycles. The lowest BCUT2D eigenvalue weighted by molar-refractivity contribution is -0.123. The summed E-state index contributed by atoms with van der Waals surface area (Å²) in [7, 11) is 0. The third-order valence-electron chi connectivity index (χ3n) is 4.58. The fourth-order valence-electron chi connectivity index (χ4n) is 3.27. The number of benzene rings is 2. The second-order valence-corrected chi connectivity index (χ2v) is 6.55. The maximum absolute atomic E-state index is 13.1. The van der Waals surface area contributed by atoms with Crippen molar-refractivity contribution in [3.8, 4) is 0 Å². The van der Waals surface area contributed by atoms with Crippen LogP contribution >= 0.6 is 0 Å². The van der Waals surface area contributed by atoms with Crippen LogP contribution in [0, 0.1) is 5.82 Å². The minimum absolute atomic E-state index is 0.00939. The van der Waals surface area contributed by atoms with Crippen LogP contribution in [-0.2, 0) is 22.4 Å². The summed E-state index contributed by atoms with van der Waals surface area (Å²) in [6.45, 7) is 0.537. The third kappa shape index (κ3) is 4.69. The van der Waals surface area contributed by atoms with Gasteiger partial charge in [0.15, 0.2) is 0 Å². The van der Waals surface area contributed by atoms with Gasteiger partial charge in [-0.05, 0) is 55.0 Å². The summed E-state index contributed by atoms with van der Waals surface area (Å²) < 4.78 is 13.1. The molecule has 1 aliphatic heterocycles. The second-order valence-electron chi connectivity index (χ2n) is 6.55. The molecule has 0 aromatic heterocycles. The number of hydrogen-bond acceptors (Lipinski definition) is 2. The van der Waals surface area contributed by atoms with Gasteiger partial charge in [-0.25, -0.2) is 4.39 Å². The van der Waals surface area contributed by atoms with Crippen LogP contribution < -0.4 is 10.2 Å². The highest BCUT2D eigenvalue weighted by molar-refractivity contribution is 5.99. The van der Waals surface area contributed by atoms with Crippen LogP contribution in [0.3, 0.4) is 0 Å². The Bertz CT molecular complexity index is 791. The Morgan fingerprint density at radius 2 is 1.96 bits per heavy atom. The van der Waals surface area contributed by atoms with Crippen LogP contribution in [0.4, 0.5) is 10.1 Å². The van der Waals surface area contributed by atoms with Gasteiger partial charge < -0.3 is 10.2 Å². The van der Waals surface area contributed by atoms with Gasteiger partial charge in [-0.15, -0.1) is 0 Å². The first-order chi connectivity index (χ1) is 12.6. The highest BCUT2D eigenvalue weighted by atomic mass is 19.1. The van der Waals surface area contributed by atoms with E-state index >= 15 is 0 Å². The molecule has 0 aliphatic carbocycles. The number of para-hydroxylation sites is 1. The van der Waals surface area contributed by atoms with Gasteiger partial charge in [-0.3, -0.25) is 9.59 Å². The van der Waals surface area contributed by atoms with Crippen molar-refractivity contribution in [3.63, 3.8) is 0 Å². The van der Waals surface area contributed by atoms with Gasteiger partial charge in [0.1, 0.15) is 12.4 Å². The number of carbonyl (C=O) groups is 2. The zero-order valence-electron chi connectivity index (χ0n) is 14.7. The van der Waals surface area contributed by atoms with Crippen LogP contribution in [0.5, 0.6) is 0 Å². The zero-order chi connectivity index (χ0) is 18.4. The minimum Gasteiger partial charge on any atom is -0.355 e. The van der Waals surface area contributed by atoms with E-state index < -0.39 is 0 Å². The van der Waals surface area contributed by atoms with Crippen molar-refractivity contribution in [2.24, 2.45) is 0 Å². The van der Waals surface area contributed by atoms with E-state index in [4.69, 9.17) is 0 Å². The van der Waals surface area contributed by atoms with E-state index in [0.29, 0.717) is 19.4 Å². The molecule has 5 heteroatoms. The maximum atomic E-state index is 13.1. The number of nitrogens with zero attached hydrogens (tertiary/aromatic N) is 1. The fraction of sp³-hybridized carbons (Fsp3) is 0.333. The van der Waals surface area contributed by atoms with Crippen LogP contribution in [0.15, 0.2) is 48.5 Å². The number of amides is 2. The first-order valence-corrected chi connectivity index (χ1v) is 9.03.